The standard InChI is InChI=1S/C14H14FNO3S/c1-9-6-7-11(15)8-13(9)20(18,19)16-12-5-3-4-10(2)14(12)17/h3-8,16-17H,1-2H3. The normalized spacial score (nSPS) is 11.3. The van der Waals surface area contributed by atoms with E-state index in [9.17, 15) is 17.9 Å². The third-order valence-electron chi connectivity index (χ3n) is 2.92. The van der Waals surface area contributed by atoms with Gasteiger partial charge in [0.25, 0.3) is 10.0 Å². The molecule has 0 heterocycles. The maximum atomic E-state index is 13.2. The predicted molar refractivity (Wildman–Crippen MR) is 74.8 cm³/mol. The molecule has 2 N–H and O–H groups in total. The minimum Gasteiger partial charge on any atom is -0.505 e. The number of phenols is 1. The minimum atomic E-state index is -3.96. The highest BCUT2D eigenvalue weighted by Crippen LogP contribution is 2.29. The molecule has 2 aromatic carbocycles. The topological polar surface area (TPSA) is 66.4 Å². The predicted octanol–water partition coefficient (Wildman–Crippen LogP) is 2.95. The quantitative estimate of drug-likeness (QED) is 0.856. The Morgan fingerprint density at radius 1 is 1.10 bits per heavy atom. The highest BCUT2D eigenvalue weighted by atomic mass is 32.2. The number of phenolic OH excluding ortho intramolecular Hbond substituents is 1. The molecule has 0 aliphatic rings. The Hall–Kier alpha value is -2.08. The monoisotopic (exact) mass is 295 g/mol. The Morgan fingerprint density at radius 3 is 2.50 bits per heavy atom. The number of aryl methyl sites for hydroxylation is 2. The number of hydrogen-bond donors (Lipinski definition) is 2. The molecule has 0 aliphatic heterocycles. The van der Waals surface area contributed by atoms with Crippen LogP contribution >= 0.6 is 0 Å². The van der Waals surface area contributed by atoms with Crippen LogP contribution in [0.25, 0.3) is 0 Å². The average Bonchev–Trinajstić information content (AvgIpc) is 2.37. The Balaban J connectivity index is 2.46. The lowest BCUT2D eigenvalue weighted by Crippen LogP contribution is -2.14. The number of sulfonamides is 1. The molecular weight excluding hydrogens is 281 g/mol. The summed E-state index contributed by atoms with van der Waals surface area (Å²) in [4.78, 5) is -0.154. The van der Waals surface area contributed by atoms with Crippen molar-refractivity contribution in [1.29, 1.82) is 0 Å². The summed E-state index contributed by atoms with van der Waals surface area (Å²) < 4.78 is 40.0. The Labute approximate surface area is 116 Å². The van der Waals surface area contributed by atoms with E-state index in [0.717, 1.165) is 6.07 Å². The molecule has 0 atom stereocenters. The lowest BCUT2D eigenvalue weighted by Gasteiger charge is -2.12. The van der Waals surface area contributed by atoms with Crippen molar-refractivity contribution in [3.8, 4) is 5.75 Å². The molecule has 0 aliphatic carbocycles. The molecule has 0 saturated heterocycles. The number of hydrogen-bond acceptors (Lipinski definition) is 3. The van der Waals surface area contributed by atoms with Crippen LogP contribution in [0.5, 0.6) is 5.75 Å². The molecule has 4 nitrogen and oxygen atoms in total. The van der Waals surface area contributed by atoms with Crippen LogP contribution < -0.4 is 4.72 Å². The SMILES string of the molecule is Cc1ccc(F)cc1S(=O)(=O)Nc1cccc(C)c1O. The van der Waals surface area contributed by atoms with Gasteiger partial charge in [-0.3, -0.25) is 4.72 Å². The molecule has 0 amide bonds. The van der Waals surface area contributed by atoms with E-state index in [1.165, 1.54) is 18.2 Å². The van der Waals surface area contributed by atoms with E-state index in [2.05, 4.69) is 4.72 Å². The smallest absolute Gasteiger partial charge is 0.262 e. The number of anilines is 1. The number of rotatable bonds is 3. The van der Waals surface area contributed by atoms with Crippen LogP contribution in [-0.2, 0) is 10.0 Å². The van der Waals surface area contributed by atoms with Crippen molar-refractivity contribution in [2.75, 3.05) is 4.72 Å². The molecule has 0 spiro atoms. The van der Waals surface area contributed by atoms with Gasteiger partial charge in [-0.15, -0.1) is 0 Å². The molecule has 0 radical (unpaired) electrons. The fraction of sp³-hybridized carbons (Fsp3) is 0.143. The first kappa shape index (κ1) is 14.3. The summed E-state index contributed by atoms with van der Waals surface area (Å²) in [5.74, 6) is -0.783. The lowest BCUT2D eigenvalue weighted by molar-refractivity contribution is 0.473. The second kappa shape index (κ2) is 5.13. The van der Waals surface area contributed by atoms with Crippen LogP contribution in [0.2, 0.25) is 0 Å². The first-order valence-corrected chi connectivity index (χ1v) is 7.37. The third kappa shape index (κ3) is 2.75. The van der Waals surface area contributed by atoms with Crippen molar-refractivity contribution < 1.29 is 17.9 Å². The molecule has 20 heavy (non-hydrogen) atoms. The zero-order chi connectivity index (χ0) is 14.9. The lowest BCUT2D eigenvalue weighted by atomic mass is 10.2. The number of aromatic hydroxyl groups is 1. The molecule has 0 fully saturated rings. The van der Waals surface area contributed by atoms with Crippen molar-refractivity contribution in [1.82, 2.24) is 0 Å². The first-order chi connectivity index (χ1) is 9.31. The van der Waals surface area contributed by atoms with Crippen LogP contribution in [0, 0.1) is 19.7 Å². The van der Waals surface area contributed by atoms with E-state index in [0.29, 0.717) is 11.1 Å². The maximum Gasteiger partial charge on any atom is 0.262 e. The molecule has 106 valence electrons. The van der Waals surface area contributed by atoms with Gasteiger partial charge in [-0.25, -0.2) is 12.8 Å². The van der Waals surface area contributed by atoms with Crippen molar-refractivity contribution >= 4 is 15.7 Å². The van der Waals surface area contributed by atoms with Gasteiger partial charge in [0.2, 0.25) is 0 Å². The van der Waals surface area contributed by atoms with E-state index in [1.54, 1.807) is 26.0 Å². The van der Waals surface area contributed by atoms with Gasteiger partial charge < -0.3 is 5.11 Å². The molecule has 2 rings (SSSR count). The van der Waals surface area contributed by atoms with Crippen molar-refractivity contribution in [2.24, 2.45) is 0 Å². The Kier molecular flexibility index (Phi) is 3.67. The van der Waals surface area contributed by atoms with Gasteiger partial charge in [0.05, 0.1) is 10.6 Å². The summed E-state index contributed by atoms with van der Waals surface area (Å²) in [5, 5.41) is 9.83. The van der Waals surface area contributed by atoms with Gasteiger partial charge in [0, 0.05) is 0 Å². The Morgan fingerprint density at radius 2 is 1.80 bits per heavy atom. The number of benzene rings is 2. The maximum absolute atomic E-state index is 13.2. The van der Waals surface area contributed by atoms with Gasteiger partial charge in [-0.05, 0) is 43.2 Å². The van der Waals surface area contributed by atoms with Crippen molar-refractivity contribution in [3.63, 3.8) is 0 Å². The summed E-state index contributed by atoms with van der Waals surface area (Å²) in [7, 11) is -3.96. The van der Waals surface area contributed by atoms with Crippen LogP contribution in [-0.4, -0.2) is 13.5 Å². The molecular formula is C14H14FNO3S. The minimum absolute atomic E-state index is 0.0636. The summed E-state index contributed by atoms with van der Waals surface area (Å²) in [6.45, 7) is 3.23. The van der Waals surface area contributed by atoms with Crippen LogP contribution in [0.15, 0.2) is 41.3 Å². The fourth-order valence-corrected chi connectivity index (χ4v) is 3.13. The van der Waals surface area contributed by atoms with Crippen molar-refractivity contribution in [2.45, 2.75) is 18.7 Å². The molecule has 6 heteroatoms. The summed E-state index contributed by atoms with van der Waals surface area (Å²) in [5.41, 5.74) is 1.03. The second-order valence-electron chi connectivity index (χ2n) is 4.49. The third-order valence-corrected chi connectivity index (χ3v) is 4.43. The summed E-state index contributed by atoms with van der Waals surface area (Å²) in [6.07, 6.45) is 0. The Bertz CT molecular complexity index is 757. The van der Waals surface area contributed by atoms with E-state index < -0.39 is 15.8 Å². The van der Waals surface area contributed by atoms with Crippen molar-refractivity contribution in [3.05, 3.63) is 53.3 Å². The number of para-hydroxylation sites is 1. The van der Waals surface area contributed by atoms with Gasteiger partial charge in [0.1, 0.15) is 11.6 Å². The van der Waals surface area contributed by atoms with Gasteiger partial charge >= 0.3 is 0 Å². The molecule has 0 saturated carbocycles. The molecule has 0 bridgehead atoms. The molecule has 2 aromatic rings. The summed E-state index contributed by atoms with van der Waals surface area (Å²) in [6, 6.07) is 8.24. The zero-order valence-electron chi connectivity index (χ0n) is 11.0. The van der Waals surface area contributed by atoms with E-state index in [-0.39, 0.29) is 16.3 Å². The molecule has 0 unspecified atom stereocenters. The second-order valence-corrected chi connectivity index (χ2v) is 6.14. The highest BCUT2D eigenvalue weighted by Gasteiger charge is 2.19. The van der Waals surface area contributed by atoms with Gasteiger partial charge in [-0.2, -0.15) is 0 Å². The van der Waals surface area contributed by atoms with Gasteiger partial charge in [0.15, 0.2) is 0 Å². The number of halogens is 1. The highest BCUT2D eigenvalue weighted by molar-refractivity contribution is 7.92. The van der Waals surface area contributed by atoms with Gasteiger partial charge in [-0.1, -0.05) is 18.2 Å². The zero-order valence-corrected chi connectivity index (χ0v) is 11.8. The first-order valence-electron chi connectivity index (χ1n) is 5.89. The summed E-state index contributed by atoms with van der Waals surface area (Å²) >= 11 is 0. The van der Waals surface area contributed by atoms with E-state index in [1.807, 2.05) is 0 Å². The van der Waals surface area contributed by atoms with E-state index in [4.69, 9.17) is 0 Å². The number of nitrogens with one attached hydrogen (secondary N) is 1. The van der Waals surface area contributed by atoms with Crippen LogP contribution in [0.3, 0.4) is 0 Å². The van der Waals surface area contributed by atoms with Crippen LogP contribution in [0.4, 0.5) is 10.1 Å². The molecule has 0 aromatic heterocycles. The van der Waals surface area contributed by atoms with Crippen LogP contribution in [0.1, 0.15) is 11.1 Å². The van der Waals surface area contributed by atoms with E-state index >= 15 is 0 Å². The largest absolute Gasteiger partial charge is 0.505 e. The average molecular weight is 295 g/mol. The fourth-order valence-electron chi connectivity index (χ4n) is 1.80.